The zero-order valence-corrected chi connectivity index (χ0v) is 12.3. The van der Waals surface area contributed by atoms with Crippen molar-refractivity contribution in [2.24, 2.45) is 4.99 Å². The van der Waals surface area contributed by atoms with E-state index < -0.39 is 0 Å². The summed E-state index contributed by atoms with van der Waals surface area (Å²) >= 11 is 0. The lowest BCUT2D eigenvalue weighted by molar-refractivity contribution is 0.724. The number of rotatable bonds is 7. The van der Waals surface area contributed by atoms with Crippen molar-refractivity contribution in [3.05, 3.63) is 30.3 Å². The minimum absolute atomic E-state index is 0.872. The minimum atomic E-state index is 0.872. The first-order chi connectivity index (χ1) is 9.27. The van der Waals surface area contributed by atoms with Gasteiger partial charge in [-0.15, -0.1) is 0 Å². The van der Waals surface area contributed by atoms with Crippen molar-refractivity contribution >= 4 is 11.6 Å². The van der Waals surface area contributed by atoms with Crippen LogP contribution < -0.4 is 15.5 Å². The predicted molar refractivity (Wildman–Crippen MR) is 84.0 cm³/mol. The van der Waals surface area contributed by atoms with Crippen LogP contribution in [-0.2, 0) is 0 Å². The first-order valence-corrected chi connectivity index (χ1v) is 6.98. The number of hydrogen-bond donors (Lipinski definition) is 2. The molecule has 106 valence electrons. The van der Waals surface area contributed by atoms with Gasteiger partial charge in [-0.3, -0.25) is 4.99 Å². The van der Waals surface area contributed by atoms with Crippen molar-refractivity contribution in [3.8, 4) is 0 Å². The zero-order valence-electron chi connectivity index (χ0n) is 12.3. The highest BCUT2D eigenvalue weighted by molar-refractivity contribution is 5.79. The van der Waals surface area contributed by atoms with E-state index in [1.54, 1.807) is 0 Å². The second-order valence-corrected chi connectivity index (χ2v) is 4.54. The monoisotopic (exact) mass is 262 g/mol. The zero-order chi connectivity index (χ0) is 13.9. The maximum atomic E-state index is 4.21. The number of guanidine groups is 1. The van der Waals surface area contributed by atoms with Gasteiger partial charge in [0.1, 0.15) is 0 Å². The quantitative estimate of drug-likeness (QED) is 0.449. The molecule has 0 amide bonds. The summed E-state index contributed by atoms with van der Waals surface area (Å²) in [4.78, 5) is 6.43. The lowest BCUT2D eigenvalue weighted by atomic mass is 10.3. The molecule has 0 fully saturated rings. The summed E-state index contributed by atoms with van der Waals surface area (Å²) in [6, 6.07) is 10.4. The summed E-state index contributed by atoms with van der Waals surface area (Å²) in [5, 5.41) is 6.63. The van der Waals surface area contributed by atoms with Gasteiger partial charge in [0, 0.05) is 39.4 Å². The third-order valence-corrected chi connectivity index (χ3v) is 2.98. The van der Waals surface area contributed by atoms with Crippen molar-refractivity contribution in [2.75, 3.05) is 38.6 Å². The van der Waals surface area contributed by atoms with E-state index in [-0.39, 0.29) is 0 Å². The molecule has 4 heteroatoms. The number of benzene rings is 1. The van der Waals surface area contributed by atoms with Crippen LogP contribution in [0.5, 0.6) is 0 Å². The van der Waals surface area contributed by atoms with E-state index >= 15 is 0 Å². The van der Waals surface area contributed by atoms with Crippen LogP contribution in [0.25, 0.3) is 0 Å². The summed E-state index contributed by atoms with van der Waals surface area (Å²) in [5.74, 6) is 0.884. The summed E-state index contributed by atoms with van der Waals surface area (Å²) in [6.45, 7) is 4.98. The van der Waals surface area contributed by atoms with Gasteiger partial charge in [-0.2, -0.15) is 0 Å². The Morgan fingerprint density at radius 1 is 1.16 bits per heavy atom. The number of unbranched alkanes of at least 4 members (excludes halogenated alkanes) is 1. The molecule has 0 aliphatic carbocycles. The van der Waals surface area contributed by atoms with Crippen LogP contribution >= 0.6 is 0 Å². The van der Waals surface area contributed by atoms with E-state index in [0.717, 1.165) is 25.6 Å². The van der Waals surface area contributed by atoms with Gasteiger partial charge in [-0.1, -0.05) is 31.5 Å². The molecule has 0 aliphatic rings. The van der Waals surface area contributed by atoms with Gasteiger partial charge in [-0.05, 0) is 18.6 Å². The average Bonchev–Trinajstić information content (AvgIpc) is 2.46. The van der Waals surface area contributed by atoms with Gasteiger partial charge in [0.25, 0.3) is 0 Å². The van der Waals surface area contributed by atoms with Gasteiger partial charge < -0.3 is 15.5 Å². The van der Waals surface area contributed by atoms with Crippen molar-refractivity contribution in [1.82, 2.24) is 10.6 Å². The molecular formula is C15H26N4. The summed E-state index contributed by atoms with van der Waals surface area (Å²) in [5.41, 5.74) is 1.23. The van der Waals surface area contributed by atoms with Gasteiger partial charge in [0.15, 0.2) is 5.96 Å². The average molecular weight is 262 g/mol. The molecule has 1 aromatic rings. The molecular weight excluding hydrogens is 236 g/mol. The molecule has 0 unspecified atom stereocenters. The number of likely N-dealkylation sites (N-methyl/N-ethyl adjacent to an activating group) is 1. The molecule has 0 saturated carbocycles. The van der Waals surface area contributed by atoms with Crippen LogP contribution in [0, 0.1) is 0 Å². The number of hydrogen-bond acceptors (Lipinski definition) is 2. The molecule has 1 aromatic carbocycles. The second-order valence-electron chi connectivity index (χ2n) is 4.54. The Hall–Kier alpha value is -1.71. The van der Waals surface area contributed by atoms with Gasteiger partial charge in [0.2, 0.25) is 0 Å². The van der Waals surface area contributed by atoms with Crippen molar-refractivity contribution in [3.63, 3.8) is 0 Å². The molecule has 2 N–H and O–H groups in total. The first kappa shape index (κ1) is 15.3. The van der Waals surface area contributed by atoms with E-state index in [2.05, 4.69) is 58.8 Å². The highest BCUT2D eigenvalue weighted by Crippen LogP contribution is 2.09. The normalized spacial score (nSPS) is 11.2. The molecule has 0 heterocycles. The van der Waals surface area contributed by atoms with Crippen LogP contribution in [0.2, 0.25) is 0 Å². The highest BCUT2D eigenvalue weighted by Gasteiger charge is 2.00. The Morgan fingerprint density at radius 2 is 1.84 bits per heavy atom. The van der Waals surface area contributed by atoms with E-state index in [4.69, 9.17) is 0 Å². The van der Waals surface area contributed by atoms with E-state index in [1.165, 1.54) is 18.5 Å². The van der Waals surface area contributed by atoms with E-state index in [0.29, 0.717) is 0 Å². The predicted octanol–water partition coefficient (Wildman–Crippen LogP) is 2.09. The fourth-order valence-electron chi connectivity index (χ4n) is 1.76. The van der Waals surface area contributed by atoms with Crippen molar-refractivity contribution in [1.29, 1.82) is 0 Å². The second kappa shape index (κ2) is 9.25. The Bertz CT molecular complexity index is 362. The SMILES string of the molecule is CCCCNC(=NC)NCCN(C)c1ccccc1. The first-order valence-electron chi connectivity index (χ1n) is 6.98. The summed E-state index contributed by atoms with van der Waals surface area (Å²) in [6.07, 6.45) is 2.37. The van der Waals surface area contributed by atoms with Crippen molar-refractivity contribution < 1.29 is 0 Å². The maximum absolute atomic E-state index is 4.21. The van der Waals surface area contributed by atoms with Crippen LogP contribution in [0.4, 0.5) is 5.69 Å². The van der Waals surface area contributed by atoms with Gasteiger partial charge in [0.05, 0.1) is 0 Å². The Kier molecular flexibility index (Phi) is 7.47. The smallest absolute Gasteiger partial charge is 0.191 e. The molecule has 1 rings (SSSR count). The third-order valence-electron chi connectivity index (χ3n) is 2.98. The van der Waals surface area contributed by atoms with Gasteiger partial charge in [-0.25, -0.2) is 0 Å². The van der Waals surface area contributed by atoms with Crippen LogP contribution in [0.1, 0.15) is 19.8 Å². The largest absolute Gasteiger partial charge is 0.373 e. The molecule has 0 radical (unpaired) electrons. The molecule has 19 heavy (non-hydrogen) atoms. The lowest BCUT2D eigenvalue weighted by Gasteiger charge is -2.20. The maximum Gasteiger partial charge on any atom is 0.191 e. The van der Waals surface area contributed by atoms with Crippen LogP contribution in [-0.4, -0.2) is 39.7 Å². The Labute approximate surface area is 116 Å². The molecule has 0 spiro atoms. The topological polar surface area (TPSA) is 39.7 Å². The number of nitrogens with one attached hydrogen (secondary N) is 2. The summed E-state index contributed by atoms with van der Waals surface area (Å²) in [7, 11) is 3.91. The minimum Gasteiger partial charge on any atom is -0.373 e. The van der Waals surface area contributed by atoms with E-state index in [9.17, 15) is 0 Å². The number of aliphatic imine (C=N–C) groups is 1. The molecule has 0 saturated heterocycles. The molecule has 0 bridgehead atoms. The van der Waals surface area contributed by atoms with Gasteiger partial charge >= 0.3 is 0 Å². The van der Waals surface area contributed by atoms with Crippen LogP contribution in [0.15, 0.2) is 35.3 Å². The number of anilines is 1. The summed E-state index contributed by atoms with van der Waals surface area (Å²) < 4.78 is 0. The highest BCUT2D eigenvalue weighted by atomic mass is 15.2. The number of nitrogens with zero attached hydrogens (tertiary/aromatic N) is 2. The third kappa shape index (κ3) is 6.13. The molecule has 4 nitrogen and oxygen atoms in total. The standard InChI is InChI=1S/C15H26N4/c1-4-5-11-17-15(16-2)18-12-13-19(3)14-9-7-6-8-10-14/h6-10H,4-5,11-13H2,1-3H3,(H2,16,17,18). The van der Waals surface area contributed by atoms with Crippen molar-refractivity contribution in [2.45, 2.75) is 19.8 Å². The lowest BCUT2D eigenvalue weighted by Crippen LogP contribution is -2.41. The Balaban J connectivity index is 2.25. The fourth-order valence-corrected chi connectivity index (χ4v) is 1.76. The van der Waals surface area contributed by atoms with Crippen LogP contribution in [0.3, 0.4) is 0 Å². The number of para-hydroxylation sites is 1. The fraction of sp³-hybridized carbons (Fsp3) is 0.533. The Morgan fingerprint density at radius 3 is 2.47 bits per heavy atom. The molecule has 0 aromatic heterocycles. The molecule has 0 aliphatic heterocycles. The molecule has 0 atom stereocenters. The van der Waals surface area contributed by atoms with E-state index in [1.807, 2.05) is 13.1 Å².